The zero-order valence-corrected chi connectivity index (χ0v) is 26.1. The Morgan fingerprint density at radius 3 is 1.32 bits per heavy atom. The highest BCUT2D eigenvalue weighted by atomic mass is 15.1. The number of H-pyrrole nitrogens is 1. The number of rotatable bonds is 28. The summed E-state index contributed by atoms with van der Waals surface area (Å²) in [4.78, 5) is 3.69. The predicted octanol–water partition coefficient (Wildman–Crippen LogP) is 12.1. The molecular weight excluding hydrogens is 448 g/mol. The lowest BCUT2D eigenvalue weighted by atomic mass is 9.93. The highest BCUT2D eigenvalue weighted by Crippen LogP contribution is 2.27. The molecule has 0 aliphatic heterocycles. The van der Waals surface area contributed by atoms with Gasteiger partial charge in [-0.15, -0.1) is 0 Å². The molecule has 1 heterocycles. The zero-order chi connectivity index (χ0) is 26.8. The second-order valence-electron chi connectivity index (χ2n) is 12.2. The van der Waals surface area contributed by atoms with Gasteiger partial charge in [-0.3, -0.25) is 0 Å². The molecule has 2 nitrogen and oxygen atoms in total. The quantitative estimate of drug-likeness (QED) is 0.0842. The van der Waals surface area contributed by atoms with Crippen molar-refractivity contribution < 1.29 is 4.57 Å². The van der Waals surface area contributed by atoms with Crippen LogP contribution >= 0.6 is 0 Å². The van der Waals surface area contributed by atoms with Crippen LogP contribution in [0.5, 0.6) is 0 Å². The average molecular weight is 518 g/mol. The molecule has 0 aromatic carbocycles. The Kier molecular flexibility index (Phi) is 23.6. The fourth-order valence-corrected chi connectivity index (χ4v) is 6.07. The highest BCUT2D eigenvalue weighted by Gasteiger charge is 2.25. The smallest absolute Gasteiger partial charge is 0.247 e. The van der Waals surface area contributed by atoms with Gasteiger partial charge >= 0.3 is 0 Å². The summed E-state index contributed by atoms with van der Waals surface area (Å²) in [5.41, 5.74) is 0. The topological polar surface area (TPSA) is 19.7 Å². The third-order valence-corrected chi connectivity index (χ3v) is 8.64. The highest BCUT2D eigenvalue weighted by molar-refractivity contribution is 4.90. The van der Waals surface area contributed by atoms with E-state index in [1.54, 1.807) is 0 Å². The minimum atomic E-state index is 0.622. The molecule has 1 rings (SSSR count). The number of nitrogens with one attached hydrogen (secondary N) is 1. The molecule has 0 saturated carbocycles. The van der Waals surface area contributed by atoms with Crippen LogP contribution in [0.2, 0.25) is 0 Å². The maximum absolute atomic E-state index is 3.69. The van der Waals surface area contributed by atoms with Crippen LogP contribution in [0.3, 0.4) is 0 Å². The molecule has 0 aliphatic carbocycles. The standard InChI is InChI=1S/C35H68N2/c1-5-8-11-13-14-15-16-17-18-19-20-21-22-23-24-27-30-34(29-26-12-9-6-2)35-36-31-32-37(35)33(4)28-25-10-7-3/h31-34H,5-30H2,1-4H3/p+1. The van der Waals surface area contributed by atoms with Crippen molar-refractivity contribution >= 4 is 0 Å². The number of hydrogen-bond donors (Lipinski definition) is 1. The SMILES string of the molecule is CCCCCCCCCCCCCCCCCCC(CCCCCC)c1[nH]cc[n+]1C(C)CCCCC. The first kappa shape index (κ1) is 34.2. The molecule has 0 bridgehead atoms. The Hall–Kier alpha value is -0.790. The molecule has 37 heavy (non-hydrogen) atoms. The summed E-state index contributed by atoms with van der Waals surface area (Å²) in [7, 11) is 0. The van der Waals surface area contributed by atoms with E-state index in [0.717, 1.165) is 0 Å². The second kappa shape index (κ2) is 25.5. The van der Waals surface area contributed by atoms with E-state index >= 15 is 0 Å². The lowest BCUT2D eigenvalue weighted by Crippen LogP contribution is -2.41. The molecular formula is C35H69N2+. The van der Waals surface area contributed by atoms with E-state index in [2.05, 4.69) is 49.6 Å². The van der Waals surface area contributed by atoms with Gasteiger partial charge in [0.2, 0.25) is 0 Å². The maximum Gasteiger partial charge on any atom is 0.257 e. The Bertz CT molecular complexity index is 578. The number of unbranched alkanes of at least 4 members (excludes halogenated alkanes) is 20. The minimum absolute atomic E-state index is 0.622. The molecule has 2 atom stereocenters. The molecule has 1 aromatic heterocycles. The maximum atomic E-state index is 3.69. The normalized spacial score (nSPS) is 13.3. The molecule has 1 N–H and O–H groups in total. The van der Waals surface area contributed by atoms with E-state index in [4.69, 9.17) is 0 Å². The van der Waals surface area contributed by atoms with E-state index in [-0.39, 0.29) is 0 Å². The first-order chi connectivity index (χ1) is 18.2. The number of hydrogen-bond acceptors (Lipinski definition) is 0. The second-order valence-corrected chi connectivity index (χ2v) is 12.2. The van der Waals surface area contributed by atoms with Crippen LogP contribution in [0.25, 0.3) is 0 Å². The van der Waals surface area contributed by atoms with Crippen LogP contribution < -0.4 is 4.57 Å². The zero-order valence-electron chi connectivity index (χ0n) is 26.1. The van der Waals surface area contributed by atoms with Gasteiger partial charge in [-0.25, -0.2) is 9.55 Å². The summed E-state index contributed by atoms with van der Waals surface area (Å²) in [5, 5.41) is 0. The van der Waals surface area contributed by atoms with Crippen molar-refractivity contribution in [1.82, 2.24) is 4.98 Å². The molecule has 0 radical (unpaired) electrons. The summed E-state index contributed by atoms with van der Waals surface area (Å²) in [5.74, 6) is 2.23. The van der Waals surface area contributed by atoms with Gasteiger partial charge in [0.25, 0.3) is 5.82 Å². The lowest BCUT2D eigenvalue weighted by molar-refractivity contribution is -0.727. The molecule has 2 heteroatoms. The van der Waals surface area contributed by atoms with E-state index in [1.807, 2.05) is 0 Å². The molecule has 0 spiro atoms. The van der Waals surface area contributed by atoms with Crippen LogP contribution in [-0.4, -0.2) is 4.98 Å². The summed E-state index contributed by atoms with van der Waals surface area (Å²) >= 11 is 0. The van der Waals surface area contributed by atoms with Crippen LogP contribution in [0.4, 0.5) is 0 Å². The Balaban J connectivity index is 2.21. The van der Waals surface area contributed by atoms with E-state index < -0.39 is 0 Å². The van der Waals surface area contributed by atoms with E-state index in [9.17, 15) is 0 Å². The number of nitrogens with zero attached hydrogens (tertiary/aromatic N) is 1. The molecule has 2 unspecified atom stereocenters. The first-order valence-corrected chi connectivity index (χ1v) is 17.3. The minimum Gasteiger partial charge on any atom is -0.247 e. The van der Waals surface area contributed by atoms with Crippen LogP contribution in [0, 0.1) is 0 Å². The van der Waals surface area contributed by atoms with Crippen LogP contribution in [0.1, 0.15) is 212 Å². The van der Waals surface area contributed by atoms with Gasteiger partial charge in [-0.05, 0) is 32.6 Å². The van der Waals surface area contributed by atoms with Gasteiger partial charge in [0.15, 0.2) is 0 Å². The third-order valence-electron chi connectivity index (χ3n) is 8.64. The van der Waals surface area contributed by atoms with E-state index in [1.165, 1.54) is 173 Å². The van der Waals surface area contributed by atoms with Crippen molar-refractivity contribution in [3.8, 4) is 0 Å². The van der Waals surface area contributed by atoms with Gasteiger partial charge in [0.05, 0.1) is 12.0 Å². The predicted molar refractivity (Wildman–Crippen MR) is 166 cm³/mol. The van der Waals surface area contributed by atoms with Crippen LogP contribution in [-0.2, 0) is 0 Å². The van der Waals surface area contributed by atoms with Crippen molar-refractivity contribution in [2.24, 2.45) is 0 Å². The summed E-state index contributed by atoms with van der Waals surface area (Å²) in [6, 6.07) is 0.622. The number of imidazole rings is 1. The summed E-state index contributed by atoms with van der Waals surface area (Å²) < 4.78 is 2.59. The molecule has 0 fully saturated rings. The summed E-state index contributed by atoms with van der Waals surface area (Å²) in [6.07, 6.45) is 41.3. The fourth-order valence-electron chi connectivity index (χ4n) is 6.07. The molecule has 0 amide bonds. The number of aromatic nitrogens is 2. The largest absolute Gasteiger partial charge is 0.257 e. The van der Waals surface area contributed by atoms with Gasteiger partial charge < -0.3 is 0 Å². The Morgan fingerprint density at radius 1 is 0.514 bits per heavy atom. The van der Waals surface area contributed by atoms with Gasteiger partial charge in [0, 0.05) is 0 Å². The van der Waals surface area contributed by atoms with Crippen molar-refractivity contribution in [1.29, 1.82) is 0 Å². The first-order valence-electron chi connectivity index (χ1n) is 17.3. The molecule has 0 saturated heterocycles. The van der Waals surface area contributed by atoms with Gasteiger partial charge in [-0.1, -0.05) is 162 Å². The molecule has 0 aliphatic rings. The lowest BCUT2D eigenvalue weighted by Gasteiger charge is -2.17. The van der Waals surface area contributed by atoms with Gasteiger partial charge in [-0.2, -0.15) is 0 Å². The van der Waals surface area contributed by atoms with E-state index in [0.29, 0.717) is 12.0 Å². The molecule has 218 valence electrons. The summed E-state index contributed by atoms with van der Waals surface area (Å²) in [6.45, 7) is 9.37. The molecule has 1 aromatic rings. The van der Waals surface area contributed by atoms with Crippen molar-refractivity contribution in [3.63, 3.8) is 0 Å². The van der Waals surface area contributed by atoms with Crippen molar-refractivity contribution in [2.75, 3.05) is 0 Å². The third kappa shape index (κ3) is 18.2. The number of aromatic amines is 1. The monoisotopic (exact) mass is 518 g/mol. The Labute approximate surface area is 234 Å². The van der Waals surface area contributed by atoms with Crippen molar-refractivity contribution in [2.45, 2.75) is 207 Å². The fraction of sp³-hybridized carbons (Fsp3) is 0.914. The van der Waals surface area contributed by atoms with Crippen molar-refractivity contribution in [3.05, 3.63) is 18.2 Å². The van der Waals surface area contributed by atoms with Gasteiger partial charge in [0.1, 0.15) is 12.4 Å². The Morgan fingerprint density at radius 2 is 0.865 bits per heavy atom. The average Bonchev–Trinajstić information content (AvgIpc) is 3.39. The van der Waals surface area contributed by atoms with Crippen LogP contribution in [0.15, 0.2) is 12.4 Å².